The maximum atomic E-state index is 10.8. The van der Waals surface area contributed by atoms with Crippen LogP contribution in [-0.4, -0.2) is 11.7 Å². The van der Waals surface area contributed by atoms with E-state index < -0.39 is 0 Å². The molecule has 2 nitrogen and oxygen atoms in total. The lowest BCUT2D eigenvalue weighted by Crippen LogP contribution is -2.08. The molecule has 6 rings (SSSR count). The summed E-state index contributed by atoms with van der Waals surface area (Å²) in [6, 6.07) is 28.4. The van der Waals surface area contributed by atoms with Crippen molar-refractivity contribution in [2.75, 3.05) is 11.9 Å². The Bertz CT molecular complexity index is 1470. The highest BCUT2D eigenvalue weighted by Gasteiger charge is 2.16. The standard InChI is InChI=1S/C30H27NO/c32-30-25-11-4-2-8-21(25)14-16-29(30)31-18-17-22-19-28-23-9-3-1-7-20(23)13-15-27(28)26-12-6-5-10-24(22)26/h1,3,5-7,9-10,12-16,19,31-32H,2,4,8,11,17-18H2. The highest BCUT2D eigenvalue weighted by Crippen LogP contribution is 2.36. The Kier molecular flexibility index (Phi) is 4.72. The van der Waals surface area contributed by atoms with Gasteiger partial charge < -0.3 is 10.4 Å². The van der Waals surface area contributed by atoms with E-state index in [4.69, 9.17) is 0 Å². The molecular formula is C30H27NO. The number of phenolic OH excluding ortho intramolecular Hbond substituents is 1. The van der Waals surface area contributed by atoms with Crippen LogP contribution in [0.15, 0.2) is 78.9 Å². The van der Waals surface area contributed by atoms with Crippen molar-refractivity contribution in [3.8, 4) is 5.75 Å². The van der Waals surface area contributed by atoms with Gasteiger partial charge in [0.15, 0.2) is 0 Å². The Morgan fingerprint density at radius 1 is 0.688 bits per heavy atom. The number of phenols is 1. The zero-order valence-corrected chi connectivity index (χ0v) is 18.2. The van der Waals surface area contributed by atoms with Crippen LogP contribution in [0, 0.1) is 0 Å². The van der Waals surface area contributed by atoms with Crippen molar-refractivity contribution in [1.82, 2.24) is 0 Å². The topological polar surface area (TPSA) is 32.3 Å². The van der Waals surface area contributed by atoms with E-state index in [0.717, 1.165) is 37.1 Å². The van der Waals surface area contributed by atoms with Crippen molar-refractivity contribution in [1.29, 1.82) is 0 Å². The molecule has 0 spiro atoms. The van der Waals surface area contributed by atoms with E-state index in [1.54, 1.807) is 0 Å². The minimum absolute atomic E-state index is 0.455. The molecule has 2 heteroatoms. The van der Waals surface area contributed by atoms with E-state index in [2.05, 4.69) is 78.1 Å². The summed E-state index contributed by atoms with van der Waals surface area (Å²) in [6.07, 6.45) is 5.36. The highest BCUT2D eigenvalue weighted by atomic mass is 16.3. The summed E-state index contributed by atoms with van der Waals surface area (Å²) in [5.74, 6) is 0.455. The molecule has 0 amide bonds. The van der Waals surface area contributed by atoms with Crippen LogP contribution < -0.4 is 5.32 Å². The Morgan fingerprint density at radius 3 is 2.34 bits per heavy atom. The Balaban J connectivity index is 1.37. The molecule has 0 atom stereocenters. The molecule has 0 unspecified atom stereocenters. The summed E-state index contributed by atoms with van der Waals surface area (Å²) in [7, 11) is 0. The largest absolute Gasteiger partial charge is 0.505 e. The average Bonchev–Trinajstić information content (AvgIpc) is 2.85. The highest BCUT2D eigenvalue weighted by molar-refractivity contribution is 6.18. The normalized spacial score (nSPS) is 13.5. The summed E-state index contributed by atoms with van der Waals surface area (Å²) >= 11 is 0. The lowest BCUT2D eigenvalue weighted by Gasteiger charge is -2.20. The number of aromatic hydroxyl groups is 1. The average molecular weight is 418 g/mol. The first-order valence-electron chi connectivity index (χ1n) is 11.7. The van der Waals surface area contributed by atoms with Gasteiger partial charge in [-0.05, 0) is 93.2 Å². The molecule has 0 saturated heterocycles. The van der Waals surface area contributed by atoms with Gasteiger partial charge in [0.2, 0.25) is 0 Å². The third kappa shape index (κ3) is 3.18. The van der Waals surface area contributed by atoms with Gasteiger partial charge in [0.25, 0.3) is 0 Å². The van der Waals surface area contributed by atoms with Crippen molar-refractivity contribution >= 4 is 38.0 Å². The van der Waals surface area contributed by atoms with Gasteiger partial charge in [-0.15, -0.1) is 0 Å². The van der Waals surface area contributed by atoms with Crippen molar-refractivity contribution in [2.24, 2.45) is 0 Å². The second-order valence-electron chi connectivity index (χ2n) is 8.95. The maximum Gasteiger partial charge on any atom is 0.142 e. The van der Waals surface area contributed by atoms with Crippen LogP contribution in [0.25, 0.3) is 32.3 Å². The number of hydrogen-bond acceptors (Lipinski definition) is 2. The number of fused-ring (bicyclic) bond motifs is 6. The summed E-state index contributed by atoms with van der Waals surface area (Å²) < 4.78 is 0. The zero-order valence-electron chi connectivity index (χ0n) is 18.2. The molecule has 2 N–H and O–H groups in total. The molecule has 0 radical (unpaired) electrons. The molecule has 0 saturated carbocycles. The predicted molar refractivity (Wildman–Crippen MR) is 136 cm³/mol. The SMILES string of the molecule is Oc1c(NCCc2cc3c4ccccc4ccc3c3ccccc23)ccc2c1CCCC2. The van der Waals surface area contributed by atoms with E-state index in [-0.39, 0.29) is 0 Å². The minimum atomic E-state index is 0.455. The number of rotatable bonds is 4. The smallest absolute Gasteiger partial charge is 0.142 e. The Hall–Kier alpha value is -3.52. The van der Waals surface area contributed by atoms with Crippen LogP contribution in [0.2, 0.25) is 0 Å². The molecule has 32 heavy (non-hydrogen) atoms. The summed E-state index contributed by atoms with van der Waals surface area (Å²) in [6.45, 7) is 0.784. The van der Waals surface area contributed by atoms with Gasteiger partial charge in [-0.3, -0.25) is 0 Å². The summed E-state index contributed by atoms with van der Waals surface area (Å²) in [4.78, 5) is 0. The summed E-state index contributed by atoms with van der Waals surface area (Å²) in [5.41, 5.74) is 4.66. The van der Waals surface area contributed by atoms with E-state index in [1.807, 2.05) is 6.07 Å². The third-order valence-electron chi connectivity index (χ3n) is 7.06. The molecule has 0 fully saturated rings. The van der Waals surface area contributed by atoms with Crippen molar-refractivity contribution in [2.45, 2.75) is 32.1 Å². The zero-order chi connectivity index (χ0) is 21.5. The molecule has 5 aromatic carbocycles. The first kappa shape index (κ1) is 19.2. The quantitative estimate of drug-likeness (QED) is 0.236. The van der Waals surface area contributed by atoms with Gasteiger partial charge in [-0.2, -0.15) is 0 Å². The van der Waals surface area contributed by atoms with Crippen molar-refractivity contribution in [3.05, 3.63) is 95.6 Å². The molecule has 1 aliphatic rings. The van der Waals surface area contributed by atoms with Crippen LogP contribution >= 0.6 is 0 Å². The number of benzene rings is 5. The van der Waals surface area contributed by atoms with Gasteiger partial charge in [0.1, 0.15) is 5.75 Å². The van der Waals surface area contributed by atoms with Crippen molar-refractivity contribution < 1.29 is 5.11 Å². The predicted octanol–water partition coefficient (Wildman–Crippen LogP) is 7.39. The molecular weight excluding hydrogens is 390 g/mol. The van der Waals surface area contributed by atoms with Crippen LogP contribution in [0.5, 0.6) is 5.75 Å². The fourth-order valence-corrected chi connectivity index (χ4v) is 5.43. The molecule has 0 heterocycles. The maximum absolute atomic E-state index is 10.8. The van der Waals surface area contributed by atoms with Crippen LogP contribution in [0.1, 0.15) is 29.5 Å². The minimum Gasteiger partial charge on any atom is -0.505 e. The van der Waals surface area contributed by atoms with Gasteiger partial charge in [-0.25, -0.2) is 0 Å². The van der Waals surface area contributed by atoms with Gasteiger partial charge >= 0.3 is 0 Å². The van der Waals surface area contributed by atoms with E-state index >= 15 is 0 Å². The van der Waals surface area contributed by atoms with Crippen LogP contribution in [0.3, 0.4) is 0 Å². The van der Waals surface area contributed by atoms with Crippen LogP contribution in [0.4, 0.5) is 5.69 Å². The first-order chi connectivity index (χ1) is 15.8. The fourth-order valence-electron chi connectivity index (χ4n) is 5.43. The molecule has 0 aromatic heterocycles. The van der Waals surface area contributed by atoms with Crippen LogP contribution in [-0.2, 0) is 19.3 Å². The number of anilines is 1. The monoisotopic (exact) mass is 417 g/mol. The second kappa shape index (κ2) is 7.87. The number of nitrogens with one attached hydrogen (secondary N) is 1. The van der Waals surface area contributed by atoms with Gasteiger partial charge in [0, 0.05) is 6.54 Å². The van der Waals surface area contributed by atoms with Gasteiger partial charge in [-0.1, -0.05) is 66.7 Å². The second-order valence-corrected chi connectivity index (χ2v) is 8.95. The fraction of sp³-hybridized carbons (Fsp3) is 0.200. The Labute approximate surface area is 188 Å². The van der Waals surface area contributed by atoms with E-state index in [1.165, 1.54) is 56.3 Å². The molecule has 0 bridgehead atoms. The lowest BCUT2D eigenvalue weighted by molar-refractivity contribution is 0.464. The van der Waals surface area contributed by atoms with Crippen molar-refractivity contribution in [3.63, 3.8) is 0 Å². The molecule has 158 valence electrons. The first-order valence-corrected chi connectivity index (χ1v) is 11.7. The van der Waals surface area contributed by atoms with Gasteiger partial charge in [0.05, 0.1) is 5.69 Å². The lowest BCUT2D eigenvalue weighted by atomic mass is 9.90. The third-order valence-corrected chi connectivity index (χ3v) is 7.06. The number of aryl methyl sites for hydroxylation is 1. The summed E-state index contributed by atoms with van der Waals surface area (Å²) in [5, 5.41) is 22.1. The molecule has 0 aliphatic heterocycles. The van der Waals surface area contributed by atoms with E-state index in [0.29, 0.717) is 5.75 Å². The Morgan fingerprint density at radius 2 is 1.44 bits per heavy atom. The molecule has 5 aromatic rings. The molecule has 1 aliphatic carbocycles. The number of hydrogen-bond donors (Lipinski definition) is 2. The van der Waals surface area contributed by atoms with E-state index in [9.17, 15) is 5.11 Å².